The molecule has 1 aromatic rings. The Hall–Kier alpha value is -0.910. The molecule has 5 heteroatoms. The van der Waals surface area contributed by atoms with Gasteiger partial charge >= 0.3 is 0 Å². The minimum absolute atomic E-state index is 0.0159. The Kier molecular flexibility index (Phi) is 6.01. The second kappa shape index (κ2) is 7.76. The molecule has 1 N–H and O–H groups in total. The van der Waals surface area contributed by atoms with Gasteiger partial charge < -0.3 is 9.64 Å². The fraction of sp³-hybridized carbons (Fsp3) is 0.667. The van der Waals surface area contributed by atoms with E-state index in [4.69, 9.17) is 4.74 Å². The standard InChI is InChI=1S/C15H24N2O2S/c1-3-5-9-19-10-8-17-14(13-7-6-11-20-13)16-12(4-2)15(17)18/h6-7,11-12,14,16H,3-5,8-10H2,1-2H3. The van der Waals surface area contributed by atoms with Crippen LogP contribution in [0.2, 0.25) is 0 Å². The van der Waals surface area contributed by atoms with E-state index < -0.39 is 0 Å². The summed E-state index contributed by atoms with van der Waals surface area (Å²) in [5, 5.41) is 5.48. The lowest BCUT2D eigenvalue weighted by Gasteiger charge is -2.23. The van der Waals surface area contributed by atoms with Crippen LogP contribution in [0.4, 0.5) is 0 Å². The molecular weight excluding hydrogens is 272 g/mol. The zero-order valence-electron chi connectivity index (χ0n) is 12.3. The maximum absolute atomic E-state index is 12.4. The van der Waals surface area contributed by atoms with Crippen LogP contribution in [-0.4, -0.2) is 36.6 Å². The summed E-state index contributed by atoms with van der Waals surface area (Å²) in [5.41, 5.74) is 0. The molecule has 4 nitrogen and oxygen atoms in total. The van der Waals surface area contributed by atoms with Crippen LogP contribution in [0.1, 0.15) is 44.2 Å². The zero-order chi connectivity index (χ0) is 14.4. The molecule has 1 saturated heterocycles. The minimum atomic E-state index is -0.0576. The van der Waals surface area contributed by atoms with Crippen molar-refractivity contribution in [3.8, 4) is 0 Å². The molecule has 1 aliphatic rings. The van der Waals surface area contributed by atoms with Gasteiger partial charge in [-0.3, -0.25) is 10.1 Å². The van der Waals surface area contributed by atoms with Crippen LogP contribution in [0.5, 0.6) is 0 Å². The Morgan fingerprint density at radius 2 is 2.25 bits per heavy atom. The number of carbonyl (C=O) groups is 1. The van der Waals surface area contributed by atoms with Crippen LogP contribution in [-0.2, 0) is 9.53 Å². The van der Waals surface area contributed by atoms with Gasteiger partial charge in [-0.05, 0) is 24.3 Å². The fourth-order valence-electron chi connectivity index (χ4n) is 2.40. The van der Waals surface area contributed by atoms with Gasteiger partial charge in [-0.1, -0.05) is 26.3 Å². The summed E-state index contributed by atoms with van der Waals surface area (Å²) < 4.78 is 5.60. The number of hydrogen-bond acceptors (Lipinski definition) is 4. The third-order valence-corrected chi connectivity index (χ3v) is 4.52. The molecule has 112 valence electrons. The summed E-state index contributed by atoms with van der Waals surface area (Å²) in [6, 6.07) is 4.05. The highest BCUT2D eigenvalue weighted by Crippen LogP contribution is 2.29. The van der Waals surface area contributed by atoms with Crippen molar-refractivity contribution >= 4 is 17.2 Å². The van der Waals surface area contributed by atoms with Gasteiger partial charge in [0.2, 0.25) is 5.91 Å². The first-order valence-electron chi connectivity index (χ1n) is 7.45. The molecule has 2 heterocycles. The Bertz CT molecular complexity index is 408. The number of carbonyl (C=O) groups excluding carboxylic acids is 1. The molecule has 20 heavy (non-hydrogen) atoms. The maximum Gasteiger partial charge on any atom is 0.241 e. The van der Waals surface area contributed by atoms with E-state index in [1.54, 1.807) is 11.3 Å². The van der Waals surface area contributed by atoms with Gasteiger partial charge in [-0.25, -0.2) is 0 Å². The first-order chi connectivity index (χ1) is 9.77. The summed E-state index contributed by atoms with van der Waals surface area (Å²) in [4.78, 5) is 15.5. The number of nitrogens with zero attached hydrogens (tertiary/aromatic N) is 1. The molecule has 1 fully saturated rings. The molecule has 0 radical (unpaired) electrons. The summed E-state index contributed by atoms with van der Waals surface area (Å²) in [5.74, 6) is 0.199. The normalized spacial score (nSPS) is 22.7. The molecule has 2 rings (SSSR count). The average molecular weight is 296 g/mol. The molecule has 0 spiro atoms. The fourth-order valence-corrected chi connectivity index (χ4v) is 3.20. The van der Waals surface area contributed by atoms with Crippen molar-refractivity contribution in [2.24, 2.45) is 0 Å². The van der Waals surface area contributed by atoms with Crippen LogP contribution in [0, 0.1) is 0 Å². The van der Waals surface area contributed by atoms with E-state index in [2.05, 4.69) is 23.7 Å². The van der Waals surface area contributed by atoms with Crippen molar-refractivity contribution in [1.82, 2.24) is 10.2 Å². The van der Waals surface area contributed by atoms with Crippen LogP contribution in [0.25, 0.3) is 0 Å². The molecule has 0 saturated carbocycles. The number of ether oxygens (including phenoxy) is 1. The lowest BCUT2D eigenvalue weighted by molar-refractivity contribution is -0.130. The van der Waals surface area contributed by atoms with Crippen LogP contribution in [0.15, 0.2) is 17.5 Å². The van der Waals surface area contributed by atoms with E-state index in [0.29, 0.717) is 13.2 Å². The summed E-state index contributed by atoms with van der Waals surface area (Å²) in [7, 11) is 0. The largest absolute Gasteiger partial charge is 0.380 e. The van der Waals surface area contributed by atoms with Gasteiger partial charge in [0, 0.05) is 18.0 Å². The molecule has 2 atom stereocenters. The summed E-state index contributed by atoms with van der Waals surface area (Å²) in [6.45, 7) is 6.26. The van der Waals surface area contributed by atoms with Gasteiger partial charge in [-0.15, -0.1) is 11.3 Å². The van der Waals surface area contributed by atoms with Gasteiger partial charge in [0.15, 0.2) is 0 Å². The summed E-state index contributed by atoms with van der Waals surface area (Å²) >= 11 is 1.69. The first-order valence-corrected chi connectivity index (χ1v) is 8.33. The lowest BCUT2D eigenvalue weighted by atomic mass is 10.2. The highest BCUT2D eigenvalue weighted by molar-refractivity contribution is 7.10. The predicted octanol–water partition coefficient (Wildman–Crippen LogP) is 2.77. The molecule has 2 unspecified atom stereocenters. The van der Waals surface area contributed by atoms with E-state index in [-0.39, 0.29) is 18.1 Å². The van der Waals surface area contributed by atoms with Gasteiger partial charge in [-0.2, -0.15) is 0 Å². The highest BCUT2D eigenvalue weighted by atomic mass is 32.1. The minimum Gasteiger partial charge on any atom is -0.380 e. The molecule has 1 amide bonds. The Balaban J connectivity index is 1.93. The second-order valence-corrected chi connectivity index (χ2v) is 6.02. The topological polar surface area (TPSA) is 41.6 Å². The van der Waals surface area contributed by atoms with Crippen molar-refractivity contribution in [3.05, 3.63) is 22.4 Å². The van der Waals surface area contributed by atoms with Gasteiger partial charge in [0.25, 0.3) is 0 Å². The van der Waals surface area contributed by atoms with Crippen molar-refractivity contribution in [2.45, 2.75) is 45.3 Å². The van der Waals surface area contributed by atoms with Gasteiger partial charge in [0.05, 0.1) is 12.6 Å². The van der Waals surface area contributed by atoms with Crippen molar-refractivity contribution in [1.29, 1.82) is 0 Å². The number of amides is 1. The number of thiophene rings is 1. The molecule has 1 aliphatic heterocycles. The van der Waals surface area contributed by atoms with Crippen LogP contribution < -0.4 is 5.32 Å². The predicted molar refractivity (Wildman–Crippen MR) is 81.7 cm³/mol. The van der Waals surface area contributed by atoms with E-state index in [9.17, 15) is 4.79 Å². The quantitative estimate of drug-likeness (QED) is 0.750. The zero-order valence-corrected chi connectivity index (χ0v) is 13.1. The monoisotopic (exact) mass is 296 g/mol. The summed E-state index contributed by atoms with van der Waals surface area (Å²) in [6.07, 6.45) is 3.06. The average Bonchev–Trinajstić information content (AvgIpc) is 3.07. The number of hydrogen-bond donors (Lipinski definition) is 1. The Morgan fingerprint density at radius 1 is 1.40 bits per heavy atom. The smallest absolute Gasteiger partial charge is 0.241 e. The van der Waals surface area contributed by atoms with E-state index in [0.717, 1.165) is 25.9 Å². The third-order valence-electron chi connectivity index (χ3n) is 3.59. The highest BCUT2D eigenvalue weighted by Gasteiger charge is 2.38. The molecule has 1 aromatic heterocycles. The lowest BCUT2D eigenvalue weighted by Crippen LogP contribution is -2.33. The number of unbranched alkanes of at least 4 members (excludes halogenated alkanes) is 1. The molecular formula is C15H24N2O2S. The SMILES string of the molecule is CCCCOCCN1C(=O)C(CC)NC1c1cccs1. The van der Waals surface area contributed by atoms with Crippen molar-refractivity contribution < 1.29 is 9.53 Å². The van der Waals surface area contributed by atoms with Crippen LogP contribution in [0.3, 0.4) is 0 Å². The number of nitrogens with one attached hydrogen (secondary N) is 1. The van der Waals surface area contributed by atoms with Gasteiger partial charge in [0.1, 0.15) is 6.17 Å². The van der Waals surface area contributed by atoms with E-state index in [1.807, 2.05) is 17.9 Å². The molecule has 0 aliphatic carbocycles. The Morgan fingerprint density at radius 3 is 2.90 bits per heavy atom. The van der Waals surface area contributed by atoms with Crippen molar-refractivity contribution in [2.75, 3.05) is 19.8 Å². The third kappa shape index (κ3) is 3.59. The van der Waals surface area contributed by atoms with E-state index >= 15 is 0 Å². The Labute approximate surface area is 125 Å². The number of rotatable bonds is 8. The van der Waals surface area contributed by atoms with Crippen LogP contribution >= 0.6 is 11.3 Å². The molecule has 0 aromatic carbocycles. The van der Waals surface area contributed by atoms with Crippen molar-refractivity contribution in [3.63, 3.8) is 0 Å². The first kappa shape index (κ1) is 15.5. The molecule has 0 bridgehead atoms. The second-order valence-electron chi connectivity index (χ2n) is 5.04. The maximum atomic E-state index is 12.4. The van der Waals surface area contributed by atoms with E-state index in [1.165, 1.54) is 4.88 Å².